The lowest BCUT2D eigenvalue weighted by Gasteiger charge is -2.23. The number of nitrogens with zero attached hydrogens (tertiary/aromatic N) is 4. The van der Waals surface area contributed by atoms with Crippen LogP contribution in [0.2, 0.25) is 0 Å². The van der Waals surface area contributed by atoms with Crippen LogP contribution < -0.4 is 5.32 Å². The first-order chi connectivity index (χ1) is 8.80. The van der Waals surface area contributed by atoms with E-state index in [-0.39, 0.29) is 23.2 Å². The summed E-state index contributed by atoms with van der Waals surface area (Å²) >= 11 is 1.21. The molecular formula is C9H15N5O3S2. The summed E-state index contributed by atoms with van der Waals surface area (Å²) in [5.74, 6) is 0.0724. The Labute approximate surface area is 115 Å². The van der Waals surface area contributed by atoms with Crippen LogP contribution in [0.15, 0.2) is 5.16 Å². The summed E-state index contributed by atoms with van der Waals surface area (Å²) in [5, 5.41) is 14.2. The molecular weight excluding hydrogens is 290 g/mol. The van der Waals surface area contributed by atoms with Gasteiger partial charge in [-0.25, -0.2) is 13.1 Å². The Balaban J connectivity index is 1.87. The Morgan fingerprint density at radius 2 is 2.32 bits per heavy atom. The number of carbonyl (C=O) groups excluding carboxylic acids is 1. The van der Waals surface area contributed by atoms with Gasteiger partial charge in [-0.1, -0.05) is 11.8 Å². The van der Waals surface area contributed by atoms with Crippen molar-refractivity contribution in [1.82, 2.24) is 25.5 Å². The molecule has 2 heterocycles. The third-order valence-electron chi connectivity index (χ3n) is 2.86. The summed E-state index contributed by atoms with van der Waals surface area (Å²) in [6.45, 7) is 1.75. The monoisotopic (exact) mass is 305 g/mol. The lowest BCUT2D eigenvalue weighted by molar-refractivity contribution is -0.120. The number of nitrogens with one attached hydrogen (secondary N) is 1. The van der Waals surface area contributed by atoms with Crippen molar-refractivity contribution in [2.75, 3.05) is 17.3 Å². The van der Waals surface area contributed by atoms with Crippen molar-refractivity contribution < 1.29 is 13.2 Å². The van der Waals surface area contributed by atoms with E-state index in [0.717, 1.165) is 0 Å². The number of amides is 1. The van der Waals surface area contributed by atoms with Crippen LogP contribution in [-0.4, -0.2) is 57.3 Å². The van der Waals surface area contributed by atoms with Crippen LogP contribution in [0, 0.1) is 0 Å². The van der Waals surface area contributed by atoms with Gasteiger partial charge in [0.15, 0.2) is 9.84 Å². The Bertz CT molecular complexity index is 584. The van der Waals surface area contributed by atoms with Crippen molar-refractivity contribution >= 4 is 27.5 Å². The van der Waals surface area contributed by atoms with E-state index in [0.29, 0.717) is 11.6 Å². The molecule has 0 aliphatic carbocycles. The number of thioether (sulfide) groups is 1. The first kappa shape index (κ1) is 14.3. The number of rotatable bonds is 4. The maximum absolute atomic E-state index is 11.8. The van der Waals surface area contributed by atoms with E-state index in [9.17, 15) is 13.2 Å². The minimum atomic E-state index is -3.02. The van der Waals surface area contributed by atoms with Gasteiger partial charge in [-0.3, -0.25) is 4.79 Å². The van der Waals surface area contributed by atoms with Gasteiger partial charge in [-0.05, 0) is 23.8 Å². The molecule has 1 aromatic rings. The maximum Gasteiger partial charge on any atom is 0.230 e. The third kappa shape index (κ3) is 3.66. The second-order valence-corrected chi connectivity index (χ2v) is 7.95. The largest absolute Gasteiger partial charge is 0.349 e. The summed E-state index contributed by atoms with van der Waals surface area (Å²) < 4.78 is 24.3. The summed E-state index contributed by atoms with van der Waals surface area (Å²) in [5.41, 5.74) is -0.658. The van der Waals surface area contributed by atoms with Gasteiger partial charge in [0.1, 0.15) is 0 Å². The predicted octanol–water partition coefficient (Wildman–Crippen LogP) is -1.00. The Morgan fingerprint density at radius 1 is 1.58 bits per heavy atom. The van der Waals surface area contributed by atoms with E-state index in [1.807, 2.05) is 0 Å². The molecule has 1 fully saturated rings. The van der Waals surface area contributed by atoms with Crippen molar-refractivity contribution in [2.45, 2.75) is 24.0 Å². The quantitative estimate of drug-likeness (QED) is 0.711. The molecule has 0 radical (unpaired) electrons. The van der Waals surface area contributed by atoms with E-state index < -0.39 is 15.4 Å². The van der Waals surface area contributed by atoms with E-state index in [1.165, 1.54) is 16.4 Å². The molecule has 0 bridgehead atoms. The molecule has 1 aliphatic heterocycles. The molecule has 1 N–H and O–H groups in total. The highest BCUT2D eigenvalue weighted by molar-refractivity contribution is 7.99. The predicted molar refractivity (Wildman–Crippen MR) is 69.3 cm³/mol. The number of hydrogen-bond acceptors (Lipinski definition) is 7. The van der Waals surface area contributed by atoms with E-state index in [4.69, 9.17) is 0 Å². The first-order valence-corrected chi connectivity index (χ1v) is 8.47. The minimum Gasteiger partial charge on any atom is -0.349 e. The normalized spacial score (nSPS) is 25.4. The van der Waals surface area contributed by atoms with Gasteiger partial charge in [0, 0.05) is 7.05 Å². The highest BCUT2D eigenvalue weighted by atomic mass is 32.2. The van der Waals surface area contributed by atoms with Gasteiger partial charge in [0.05, 0.1) is 22.8 Å². The average molecular weight is 305 g/mol. The zero-order chi connectivity index (χ0) is 14.1. The SMILES string of the molecule is Cn1nnnc1SCC(=O)NC1(C)CCS(=O)(=O)C1. The van der Waals surface area contributed by atoms with Crippen LogP contribution >= 0.6 is 11.8 Å². The minimum absolute atomic E-state index is 0.00191. The second kappa shape index (κ2) is 5.08. The fourth-order valence-electron chi connectivity index (χ4n) is 1.96. The highest BCUT2D eigenvalue weighted by Gasteiger charge is 2.39. The lowest BCUT2D eigenvalue weighted by atomic mass is 10.0. The molecule has 106 valence electrons. The van der Waals surface area contributed by atoms with Crippen molar-refractivity contribution in [3.63, 3.8) is 0 Å². The molecule has 2 rings (SSSR count). The Morgan fingerprint density at radius 3 is 2.84 bits per heavy atom. The number of carbonyl (C=O) groups is 1. The van der Waals surface area contributed by atoms with E-state index in [2.05, 4.69) is 20.8 Å². The first-order valence-electron chi connectivity index (χ1n) is 5.66. The molecule has 19 heavy (non-hydrogen) atoms. The summed E-state index contributed by atoms with van der Waals surface area (Å²) in [6.07, 6.45) is 0.456. The van der Waals surface area contributed by atoms with Crippen molar-refractivity contribution in [2.24, 2.45) is 7.05 Å². The average Bonchev–Trinajstić information content (AvgIpc) is 2.80. The molecule has 1 aliphatic rings. The number of aromatic nitrogens is 4. The fraction of sp³-hybridized carbons (Fsp3) is 0.778. The molecule has 1 atom stereocenters. The number of aryl methyl sites for hydroxylation is 1. The van der Waals surface area contributed by atoms with Crippen LogP contribution in [-0.2, 0) is 21.7 Å². The molecule has 1 unspecified atom stereocenters. The molecule has 1 amide bonds. The van der Waals surface area contributed by atoms with E-state index >= 15 is 0 Å². The van der Waals surface area contributed by atoms with Gasteiger partial charge in [-0.2, -0.15) is 0 Å². The van der Waals surface area contributed by atoms with Gasteiger partial charge < -0.3 is 5.32 Å². The number of sulfone groups is 1. The topological polar surface area (TPSA) is 107 Å². The Hall–Kier alpha value is -1.16. The number of tetrazole rings is 1. The van der Waals surface area contributed by atoms with Crippen LogP contribution in [0.5, 0.6) is 0 Å². The summed E-state index contributed by atoms with van der Waals surface area (Å²) in [6, 6.07) is 0. The van der Waals surface area contributed by atoms with Crippen molar-refractivity contribution in [3.8, 4) is 0 Å². The van der Waals surface area contributed by atoms with Crippen LogP contribution in [0.1, 0.15) is 13.3 Å². The molecule has 0 saturated carbocycles. The standard InChI is InChI=1S/C9H15N5O3S2/c1-9(3-4-19(16,17)6-9)10-7(15)5-18-8-11-12-13-14(8)2/h3-6H2,1-2H3,(H,10,15). The summed E-state index contributed by atoms with van der Waals surface area (Å²) in [4.78, 5) is 11.8. The number of hydrogen-bond donors (Lipinski definition) is 1. The Kier molecular flexibility index (Phi) is 3.81. The fourth-order valence-corrected chi connectivity index (χ4v) is 4.70. The molecule has 0 spiro atoms. The molecule has 1 aromatic heterocycles. The molecule has 10 heteroatoms. The lowest BCUT2D eigenvalue weighted by Crippen LogP contribution is -2.47. The summed E-state index contributed by atoms with van der Waals surface area (Å²) in [7, 11) is -1.34. The van der Waals surface area contributed by atoms with Crippen molar-refractivity contribution in [3.05, 3.63) is 0 Å². The van der Waals surface area contributed by atoms with Gasteiger partial charge in [0.25, 0.3) is 0 Å². The smallest absolute Gasteiger partial charge is 0.230 e. The molecule has 1 saturated heterocycles. The zero-order valence-electron chi connectivity index (χ0n) is 10.7. The van der Waals surface area contributed by atoms with Crippen LogP contribution in [0.4, 0.5) is 0 Å². The van der Waals surface area contributed by atoms with Gasteiger partial charge >= 0.3 is 0 Å². The zero-order valence-corrected chi connectivity index (χ0v) is 12.3. The maximum atomic E-state index is 11.8. The van der Waals surface area contributed by atoms with Gasteiger partial charge in [-0.15, -0.1) is 5.10 Å². The van der Waals surface area contributed by atoms with Crippen LogP contribution in [0.3, 0.4) is 0 Å². The highest BCUT2D eigenvalue weighted by Crippen LogP contribution is 2.23. The van der Waals surface area contributed by atoms with E-state index in [1.54, 1.807) is 14.0 Å². The molecule has 0 aromatic carbocycles. The van der Waals surface area contributed by atoms with Crippen LogP contribution in [0.25, 0.3) is 0 Å². The van der Waals surface area contributed by atoms with Crippen molar-refractivity contribution in [1.29, 1.82) is 0 Å². The van der Waals surface area contributed by atoms with Gasteiger partial charge in [0.2, 0.25) is 11.1 Å². The molecule has 8 nitrogen and oxygen atoms in total. The third-order valence-corrected chi connectivity index (χ3v) is 5.77. The second-order valence-electron chi connectivity index (χ2n) is 4.82.